The highest BCUT2D eigenvalue weighted by Gasteiger charge is 2.47. The molecule has 0 aromatic rings. The van der Waals surface area contributed by atoms with Gasteiger partial charge < -0.3 is 58.5 Å². The second-order valence-electron chi connectivity index (χ2n) is 15.4. The summed E-state index contributed by atoms with van der Waals surface area (Å²) in [5, 5.41) is 44.3. The van der Waals surface area contributed by atoms with Crippen LogP contribution in [0.5, 0.6) is 0 Å². The quantitative estimate of drug-likeness (QED) is 0.128. The number of aldehydes is 1. The summed E-state index contributed by atoms with van der Waals surface area (Å²) in [4.78, 5) is 40.1. The molecule has 56 heavy (non-hydrogen) atoms. The van der Waals surface area contributed by atoms with Crippen molar-refractivity contribution >= 4 is 18.0 Å². The van der Waals surface area contributed by atoms with Gasteiger partial charge in [-0.15, -0.1) is 0 Å². The maximum absolute atomic E-state index is 13.6. The zero-order chi connectivity index (χ0) is 41.9. The Morgan fingerprint density at radius 1 is 0.911 bits per heavy atom. The number of rotatable bonds is 12. The Hall–Kier alpha value is -2.83. The minimum Gasteiger partial charge on any atom is -0.512 e. The summed E-state index contributed by atoms with van der Waals surface area (Å²) in [6.07, 6.45) is 0.441. The molecule has 16 atom stereocenters. The van der Waals surface area contributed by atoms with Gasteiger partial charge in [0.25, 0.3) is 0 Å². The van der Waals surface area contributed by atoms with Gasteiger partial charge in [0.1, 0.15) is 42.6 Å². The predicted octanol–water partition coefficient (Wildman–Crippen LogP) is 2.81. The number of carbonyl (C=O) groups excluding carboxylic acids is 3. The monoisotopic (exact) mass is 795 g/mol. The number of allylic oxidation sites excluding steroid dienone is 5. The average molecular weight is 796 g/mol. The molecular weight excluding hydrogens is 730 g/mol. The van der Waals surface area contributed by atoms with Gasteiger partial charge in [-0.2, -0.15) is 0 Å². The van der Waals surface area contributed by atoms with Crippen LogP contribution < -0.4 is 0 Å². The van der Waals surface area contributed by atoms with Crippen molar-refractivity contribution in [1.82, 2.24) is 4.90 Å². The largest absolute Gasteiger partial charge is 0.512 e. The molecule has 0 radical (unpaired) electrons. The summed E-state index contributed by atoms with van der Waals surface area (Å²) in [7, 11) is 6.36. The molecule has 4 N–H and O–H groups in total. The van der Waals surface area contributed by atoms with Crippen LogP contribution in [0.1, 0.15) is 60.8 Å². The Morgan fingerprint density at radius 3 is 2.16 bits per heavy atom. The fourth-order valence-corrected chi connectivity index (χ4v) is 7.73. The minimum absolute atomic E-state index is 0.00608. The third-order valence-corrected chi connectivity index (χ3v) is 11.1. The number of nitrogens with zero attached hydrogens (tertiary/aromatic N) is 1. The van der Waals surface area contributed by atoms with Crippen molar-refractivity contribution < 1.29 is 68.0 Å². The van der Waals surface area contributed by atoms with Crippen molar-refractivity contribution in [3.63, 3.8) is 0 Å². The van der Waals surface area contributed by atoms with E-state index in [0.717, 1.165) is 6.08 Å². The maximum atomic E-state index is 13.6. The molecule has 318 valence electrons. The molecule has 2 saturated heterocycles. The van der Waals surface area contributed by atoms with Crippen molar-refractivity contribution in [2.75, 3.05) is 34.9 Å². The van der Waals surface area contributed by atoms with E-state index in [1.54, 1.807) is 58.8 Å². The Balaban J connectivity index is 2.04. The number of hydrogen-bond acceptors (Lipinski definition) is 15. The highest BCUT2D eigenvalue weighted by atomic mass is 16.7. The average Bonchev–Trinajstić information content (AvgIpc) is 3.15. The Labute approximate surface area is 331 Å². The summed E-state index contributed by atoms with van der Waals surface area (Å²) < 4.78 is 41.7. The van der Waals surface area contributed by atoms with Crippen LogP contribution in [0.25, 0.3) is 0 Å². The molecule has 3 rings (SSSR count). The lowest BCUT2D eigenvalue weighted by molar-refractivity contribution is -0.304. The van der Waals surface area contributed by atoms with Crippen LogP contribution in [-0.2, 0) is 47.5 Å². The van der Waals surface area contributed by atoms with Gasteiger partial charge in [-0.1, -0.05) is 44.6 Å². The third-order valence-electron chi connectivity index (χ3n) is 11.1. The number of likely N-dealkylation sites (N-methyl/N-ethyl adjacent to an activating group) is 1. The van der Waals surface area contributed by atoms with E-state index >= 15 is 0 Å². The molecule has 2 fully saturated rings. The number of hydrogen-bond donors (Lipinski definition) is 4. The van der Waals surface area contributed by atoms with Gasteiger partial charge in [-0.25, -0.2) is 4.79 Å². The van der Waals surface area contributed by atoms with Crippen molar-refractivity contribution in [3.8, 4) is 0 Å². The van der Waals surface area contributed by atoms with Crippen LogP contribution in [0.4, 0.5) is 0 Å². The van der Waals surface area contributed by atoms with E-state index in [0.29, 0.717) is 18.3 Å². The van der Waals surface area contributed by atoms with Crippen molar-refractivity contribution in [3.05, 3.63) is 47.8 Å². The normalized spacial score (nSPS) is 42.1. The topological polar surface area (TPSA) is 200 Å². The summed E-state index contributed by atoms with van der Waals surface area (Å²) in [5.41, 5.74) is 0.695. The van der Waals surface area contributed by atoms with Gasteiger partial charge in [-0.05, 0) is 72.2 Å². The molecule has 3 heterocycles. The van der Waals surface area contributed by atoms with Gasteiger partial charge >= 0.3 is 5.97 Å². The molecule has 1 unspecified atom stereocenters. The molecule has 0 bridgehead atoms. The molecule has 0 spiro atoms. The Bertz CT molecular complexity index is 1400. The number of ether oxygens (including phenoxy) is 7. The highest BCUT2D eigenvalue weighted by molar-refractivity contribution is 5.91. The third kappa shape index (κ3) is 12.3. The molecule has 15 nitrogen and oxygen atoms in total. The summed E-state index contributed by atoms with van der Waals surface area (Å²) in [6.45, 7) is 10.4. The Kier molecular flexibility index (Phi) is 19.0. The van der Waals surface area contributed by atoms with Crippen LogP contribution in [0.2, 0.25) is 0 Å². The number of cyclic esters (lactones) is 1. The second-order valence-corrected chi connectivity index (χ2v) is 15.4. The standard InChI is InChI=1S/C41H65NO14/c1-11-31-28(21-52-41-39(51-10)38(50-9)35(48)26(6)54-41)18-22(2)15-16-29(44)23(3)19-27(14-12-13-17-43)37(24(4)30(45)20-32(46)55-31)56-40-36(49)33(42(7)8)34(47)25(5)53-40/h12-13,15-18,20,23-28,31,33-41,45,47-49H,11,14,19,21H2,1-10H3/b13-12+,16-15+,22-18+,30-20+/t23-,24+,25?,26-,27+,28-,31-,33-,34+,35-,36+,37-,38-,39-,40-,41-/m1/s1. The molecule has 3 aliphatic rings. The van der Waals surface area contributed by atoms with E-state index in [1.807, 2.05) is 19.9 Å². The van der Waals surface area contributed by atoms with Crippen LogP contribution in [0, 0.1) is 23.7 Å². The van der Waals surface area contributed by atoms with E-state index in [9.17, 15) is 34.8 Å². The van der Waals surface area contributed by atoms with Gasteiger partial charge in [0.15, 0.2) is 18.4 Å². The molecule has 0 saturated carbocycles. The fourth-order valence-electron chi connectivity index (χ4n) is 7.73. The smallest absolute Gasteiger partial charge is 0.334 e. The predicted molar refractivity (Wildman–Crippen MR) is 205 cm³/mol. The lowest BCUT2D eigenvalue weighted by Crippen LogP contribution is -2.63. The molecule has 0 aliphatic carbocycles. The van der Waals surface area contributed by atoms with Crippen LogP contribution in [0.15, 0.2) is 47.8 Å². The SMILES string of the molecule is CC[C@H]1OC(=O)/C=C(/O)[C@H](C)[C@@H](O[C@H]2OC(C)[C@H](O)[C@@H](N(C)C)[C@@H]2O)[C@@H](C/C=C/C=O)C[C@@H](C)C(=O)/C=C/C(C)=C/[C@@H]1CO[C@@H]1O[C@H](C)[C@@H](O)[C@@H](OC)[C@H]1OC. The first-order valence-corrected chi connectivity index (χ1v) is 19.4. The number of aliphatic hydroxyl groups excluding tert-OH is 4. The number of carbonyl (C=O) groups is 3. The van der Waals surface area contributed by atoms with E-state index in [2.05, 4.69) is 0 Å². The van der Waals surface area contributed by atoms with E-state index in [1.165, 1.54) is 26.4 Å². The molecule has 3 aliphatic heterocycles. The number of aliphatic hydroxyl groups is 4. The van der Waals surface area contributed by atoms with Crippen molar-refractivity contribution in [2.45, 2.75) is 134 Å². The van der Waals surface area contributed by atoms with Gasteiger partial charge in [0, 0.05) is 32.0 Å². The molecular formula is C41H65NO14. The first-order valence-electron chi connectivity index (χ1n) is 19.4. The number of methoxy groups -OCH3 is 2. The maximum Gasteiger partial charge on any atom is 0.334 e. The van der Waals surface area contributed by atoms with Crippen LogP contribution >= 0.6 is 0 Å². The van der Waals surface area contributed by atoms with E-state index in [4.69, 9.17) is 33.2 Å². The van der Waals surface area contributed by atoms with E-state index in [-0.39, 0.29) is 31.0 Å². The van der Waals surface area contributed by atoms with Gasteiger partial charge in [0.2, 0.25) is 0 Å². The fraction of sp³-hybridized carbons (Fsp3) is 0.732. The number of ketones is 1. The lowest BCUT2D eigenvalue weighted by Gasteiger charge is -2.46. The molecule has 0 amide bonds. The molecule has 0 aromatic heterocycles. The molecule has 0 aromatic carbocycles. The zero-order valence-corrected chi connectivity index (χ0v) is 34.4. The highest BCUT2D eigenvalue weighted by Crippen LogP contribution is 2.35. The second kappa shape index (κ2) is 22.4. The van der Waals surface area contributed by atoms with Crippen LogP contribution in [0.3, 0.4) is 0 Å². The van der Waals surface area contributed by atoms with Crippen molar-refractivity contribution in [1.29, 1.82) is 0 Å². The first-order chi connectivity index (χ1) is 26.5. The summed E-state index contributed by atoms with van der Waals surface area (Å²) in [5.74, 6) is -3.90. The first kappa shape index (κ1) is 47.5. The van der Waals surface area contributed by atoms with E-state index < -0.39 is 103 Å². The minimum atomic E-state index is -1.31. The summed E-state index contributed by atoms with van der Waals surface area (Å²) >= 11 is 0. The van der Waals surface area contributed by atoms with Gasteiger partial charge in [-0.3, -0.25) is 9.59 Å². The Morgan fingerprint density at radius 2 is 1.55 bits per heavy atom. The number of esters is 1. The zero-order valence-electron chi connectivity index (χ0n) is 34.4. The van der Waals surface area contributed by atoms with Crippen molar-refractivity contribution in [2.24, 2.45) is 23.7 Å². The lowest BCUT2D eigenvalue weighted by atomic mass is 9.81. The summed E-state index contributed by atoms with van der Waals surface area (Å²) in [6, 6.07) is -0.746. The molecule has 15 heteroatoms. The van der Waals surface area contributed by atoms with Crippen LogP contribution in [-0.4, -0.2) is 152 Å². The van der Waals surface area contributed by atoms with Gasteiger partial charge in [0.05, 0.1) is 43.1 Å².